The number of hydrogen-bond donors (Lipinski definition) is 1. The van der Waals surface area contributed by atoms with Gasteiger partial charge < -0.3 is 10.2 Å². The standard InChI is InChI=1S/C9H13N5O3S/c1-10-8-7(14(15)16)9(12-6-11-8)13-2-4-18(17)5-3-13/h6H,2-5H2,1H3,(H,10,11,12). The van der Waals surface area contributed by atoms with E-state index in [1.807, 2.05) is 0 Å². The molecule has 0 aromatic carbocycles. The van der Waals surface area contributed by atoms with Crippen molar-refractivity contribution in [2.24, 2.45) is 0 Å². The zero-order chi connectivity index (χ0) is 13.1. The van der Waals surface area contributed by atoms with Crippen LogP contribution in [0.5, 0.6) is 0 Å². The van der Waals surface area contributed by atoms with Gasteiger partial charge in [0.05, 0.1) is 4.92 Å². The van der Waals surface area contributed by atoms with Crippen molar-refractivity contribution in [2.45, 2.75) is 0 Å². The molecule has 18 heavy (non-hydrogen) atoms. The molecule has 0 saturated carbocycles. The first-order valence-electron chi connectivity index (χ1n) is 5.40. The number of nitrogens with zero attached hydrogens (tertiary/aromatic N) is 4. The third-order valence-corrected chi connectivity index (χ3v) is 3.98. The number of nitro groups is 1. The van der Waals surface area contributed by atoms with Crippen molar-refractivity contribution in [3.05, 3.63) is 16.4 Å². The van der Waals surface area contributed by atoms with Crippen LogP contribution in [0.4, 0.5) is 17.3 Å². The first-order valence-corrected chi connectivity index (χ1v) is 6.89. The largest absolute Gasteiger partial charge is 0.367 e. The second-order valence-electron chi connectivity index (χ2n) is 3.74. The summed E-state index contributed by atoms with van der Waals surface area (Å²) in [6.45, 7) is 1.02. The van der Waals surface area contributed by atoms with Gasteiger partial charge in [0.1, 0.15) is 6.33 Å². The summed E-state index contributed by atoms with van der Waals surface area (Å²) in [5, 5.41) is 13.8. The molecule has 1 fully saturated rings. The molecule has 1 aliphatic rings. The Kier molecular flexibility index (Phi) is 3.70. The molecule has 98 valence electrons. The summed E-state index contributed by atoms with van der Waals surface area (Å²) >= 11 is 0. The van der Waals surface area contributed by atoms with Gasteiger partial charge in [0.25, 0.3) is 0 Å². The number of hydrogen-bond acceptors (Lipinski definition) is 7. The molecule has 0 amide bonds. The first-order chi connectivity index (χ1) is 8.63. The minimum Gasteiger partial charge on any atom is -0.367 e. The summed E-state index contributed by atoms with van der Waals surface area (Å²) in [6.07, 6.45) is 1.29. The fourth-order valence-corrected chi connectivity index (χ4v) is 2.85. The Hall–Kier alpha value is -1.77. The molecule has 1 aromatic heterocycles. The number of nitrogens with one attached hydrogen (secondary N) is 1. The molecule has 0 aliphatic carbocycles. The topological polar surface area (TPSA) is 101 Å². The van der Waals surface area contributed by atoms with Crippen LogP contribution in [-0.4, -0.2) is 50.7 Å². The van der Waals surface area contributed by atoms with Crippen LogP contribution >= 0.6 is 0 Å². The van der Waals surface area contributed by atoms with E-state index >= 15 is 0 Å². The van der Waals surface area contributed by atoms with Crippen molar-refractivity contribution in [1.29, 1.82) is 0 Å². The van der Waals surface area contributed by atoms with Crippen LogP contribution in [0.3, 0.4) is 0 Å². The minimum absolute atomic E-state index is 0.132. The molecule has 2 heterocycles. The van der Waals surface area contributed by atoms with Gasteiger partial charge in [-0.2, -0.15) is 0 Å². The van der Waals surface area contributed by atoms with Gasteiger partial charge in [-0.05, 0) is 0 Å². The second kappa shape index (κ2) is 5.25. The predicted octanol–water partition coefficient (Wildman–Crippen LogP) is -0.00480. The van der Waals surface area contributed by atoms with Crippen LogP contribution in [0.25, 0.3) is 0 Å². The number of anilines is 2. The molecule has 0 unspecified atom stereocenters. The summed E-state index contributed by atoms with van der Waals surface area (Å²) in [5.74, 6) is 1.50. The first kappa shape index (κ1) is 12.7. The quantitative estimate of drug-likeness (QED) is 0.609. The van der Waals surface area contributed by atoms with Gasteiger partial charge in [-0.1, -0.05) is 0 Å². The van der Waals surface area contributed by atoms with Crippen molar-refractivity contribution in [3.63, 3.8) is 0 Å². The van der Waals surface area contributed by atoms with E-state index in [4.69, 9.17) is 0 Å². The lowest BCUT2D eigenvalue weighted by molar-refractivity contribution is -0.383. The Morgan fingerprint density at radius 1 is 1.44 bits per heavy atom. The Balaban J connectivity index is 2.37. The van der Waals surface area contributed by atoms with Gasteiger partial charge in [-0.15, -0.1) is 0 Å². The second-order valence-corrected chi connectivity index (χ2v) is 5.43. The van der Waals surface area contributed by atoms with Crippen molar-refractivity contribution in [3.8, 4) is 0 Å². The average Bonchev–Trinajstić information content (AvgIpc) is 2.38. The highest BCUT2D eigenvalue weighted by Gasteiger charge is 2.28. The van der Waals surface area contributed by atoms with E-state index in [-0.39, 0.29) is 17.3 Å². The molecule has 1 N–H and O–H groups in total. The highest BCUT2D eigenvalue weighted by Crippen LogP contribution is 2.31. The maximum absolute atomic E-state index is 11.3. The number of aromatic nitrogens is 2. The van der Waals surface area contributed by atoms with Crippen molar-refractivity contribution >= 4 is 28.1 Å². The summed E-state index contributed by atoms with van der Waals surface area (Å²) in [5.41, 5.74) is -0.132. The molecule has 0 atom stereocenters. The average molecular weight is 271 g/mol. The van der Waals surface area contributed by atoms with E-state index in [9.17, 15) is 14.3 Å². The van der Waals surface area contributed by atoms with Crippen LogP contribution in [-0.2, 0) is 10.8 Å². The maximum atomic E-state index is 11.3. The van der Waals surface area contributed by atoms with Crippen LogP contribution in [0.2, 0.25) is 0 Å². The zero-order valence-corrected chi connectivity index (χ0v) is 10.6. The molecular formula is C9H13N5O3S. The molecule has 0 radical (unpaired) electrons. The van der Waals surface area contributed by atoms with Gasteiger partial charge in [0, 0.05) is 42.4 Å². The molecule has 2 rings (SSSR count). The summed E-state index contributed by atoms with van der Waals surface area (Å²) in [4.78, 5) is 20.2. The van der Waals surface area contributed by atoms with Gasteiger partial charge in [0.2, 0.25) is 11.6 Å². The minimum atomic E-state index is -0.830. The van der Waals surface area contributed by atoms with Gasteiger partial charge >= 0.3 is 5.69 Å². The Bertz CT molecular complexity index is 485. The molecule has 1 saturated heterocycles. The lowest BCUT2D eigenvalue weighted by Gasteiger charge is -2.26. The zero-order valence-electron chi connectivity index (χ0n) is 9.83. The molecule has 1 aliphatic heterocycles. The van der Waals surface area contributed by atoms with E-state index in [2.05, 4.69) is 15.3 Å². The highest BCUT2D eigenvalue weighted by molar-refractivity contribution is 7.85. The molecule has 0 spiro atoms. The van der Waals surface area contributed by atoms with E-state index in [0.717, 1.165) is 0 Å². The molecule has 0 bridgehead atoms. The Labute approximate surface area is 106 Å². The normalized spacial score (nSPS) is 16.6. The monoisotopic (exact) mass is 271 g/mol. The Morgan fingerprint density at radius 3 is 2.67 bits per heavy atom. The van der Waals surface area contributed by atoms with Gasteiger partial charge in [-0.3, -0.25) is 14.3 Å². The molecule has 8 nitrogen and oxygen atoms in total. The van der Waals surface area contributed by atoms with Crippen molar-refractivity contribution in [1.82, 2.24) is 9.97 Å². The SMILES string of the molecule is CNc1ncnc(N2CCS(=O)CC2)c1[N+](=O)[O-]. The van der Waals surface area contributed by atoms with Crippen LogP contribution in [0.1, 0.15) is 0 Å². The summed E-state index contributed by atoms with van der Waals surface area (Å²) in [6, 6.07) is 0. The summed E-state index contributed by atoms with van der Waals surface area (Å²) in [7, 11) is 0.744. The molecule has 1 aromatic rings. The van der Waals surface area contributed by atoms with E-state index < -0.39 is 15.7 Å². The third-order valence-electron chi connectivity index (χ3n) is 2.70. The predicted molar refractivity (Wildman–Crippen MR) is 68.3 cm³/mol. The Morgan fingerprint density at radius 2 is 2.11 bits per heavy atom. The fraction of sp³-hybridized carbons (Fsp3) is 0.556. The highest BCUT2D eigenvalue weighted by atomic mass is 32.2. The maximum Gasteiger partial charge on any atom is 0.353 e. The van der Waals surface area contributed by atoms with Crippen molar-refractivity contribution < 1.29 is 9.13 Å². The number of rotatable bonds is 3. The van der Waals surface area contributed by atoms with E-state index in [0.29, 0.717) is 24.6 Å². The smallest absolute Gasteiger partial charge is 0.353 e. The lowest BCUT2D eigenvalue weighted by Crippen LogP contribution is -2.38. The van der Waals surface area contributed by atoms with E-state index in [1.54, 1.807) is 11.9 Å². The van der Waals surface area contributed by atoms with Crippen LogP contribution in [0, 0.1) is 10.1 Å². The van der Waals surface area contributed by atoms with Gasteiger partial charge in [0.15, 0.2) is 0 Å². The van der Waals surface area contributed by atoms with E-state index in [1.165, 1.54) is 6.33 Å². The van der Waals surface area contributed by atoms with Crippen molar-refractivity contribution in [2.75, 3.05) is 41.9 Å². The molecular weight excluding hydrogens is 258 g/mol. The lowest BCUT2D eigenvalue weighted by atomic mass is 10.3. The summed E-state index contributed by atoms with van der Waals surface area (Å²) < 4.78 is 11.3. The third kappa shape index (κ3) is 2.40. The van der Waals surface area contributed by atoms with Crippen LogP contribution in [0.15, 0.2) is 6.33 Å². The van der Waals surface area contributed by atoms with Gasteiger partial charge in [-0.25, -0.2) is 9.97 Å². The molecule has 9 heteroatoms. The fourth-order valence-electron chi connectivity index (χ4n) is 1.80. The van der Waals surface area contributed by atoms with Crippen LogP contribution < -0.4 is 10.2 Å².